The molecule has 1 aromatic carbocycles. The summed E-state index contributed by atoms with van der Waals surface area (Å²) in [6, 6.07) is 9.00. The minimum atomic E-state index is -3.62. The fraction of sp³-hybridized carbons (Fsp3) is 0.429. The molecule has 0 saturated carbocycles. The number of aryl methyl sites for hydroxylation is 1. The number of methoxy groups -OCH3 is 1. The molecule has 1 unspecified atom stereocenters. The van der Waals surface area contributed by atoms with Gasteiger partial charge in [0.2, 0.25) is 10.0 Å². The van der Waals surface area contributed by atoms with Crippen LogP contribution in [0.4, 0.5) is 0 Å². The van der Waals surface area contributed by atoms with Crippen molar-refractivity contribution in [3.05, 3.63) is 54.2 Å². The normalized spacial score (nSPS) is 17.9. The Labute approximate surface area is 171 Å². The van der Waals surface area contributed by atoms with Crippen molar-refractivity contribution in [2.24, 2.45) is 0 Å². The highest BCUT2D eigenvalue weighted by Gasteiger charge is 2.36. The number of aromatic nitrogens is 3. The maximum atomic E-state index is 13.4. The third-order valence-electron chi connectivity index (χ3n) is 5.55. The predicted octanol–water partition coefficient (Wildman–Crippen LogP) is 2.95. The summed E-state index contributed by atoms with van der Waals surface area (Å²) in [5.74, 6) is 1.05. The molecule has 8 heteroatoms. The molecule has 7 nitrogen and oxygen atoms in total. The van der Waals surface area contributed by atoms with Gasteiger partial charge >= 0.3 is 0 Å². The van der Waals surface area contributed by atoms with Crippen LogP contribution in [0.2, 0.25) is 0 Å². The first kappa shape index (κ1) is 20.0. The van der Waals surface area contributed by atoms with Gasteiger partial charge in [-0.25, -0.2) is 13.4 Å². The van der Waals surface area contributed by atoms with E-state index in [-0.39, 0.29) is 10.8 Å². The number of para-hydroxylation sites is 1. The second-order valence-corrected chi connectivity index (χ2v) is 9.34. The van der Waals surface area contributed by atoms with Gasteiger partial charge < -0.3 is 9.30 Å². The van der Waals surface area contributed by atoms with Crippen molar-refractivity contribution in [2.45, 2.75) is 37.1 Å². The van der Waals surface area contributed by atoms with Gasteiger partial charge in [0.15, 0.2) is 0 Å². The topological polar surface area (TPSA) is 77.3 Å². The van der Waals surface area contributed by atoms with Crippen molar-refractivity contribution in [3.8, 4) is 0 Å². The Morgan fingerprint density at radius 2 is 2.03 bits per heavy atom. The third-order valence-corrected chi connectivity index (χ3v) is 7.44. The summed E-state index contributed by atoms with van der Waals surface area (Å²) in [7, 11) is -1.92. The van der Waals surface area contributed by atoms with E-state index in [0.29, 0.717) is 25.2 Å². The Bertz CT molecular complexity index is 1100. The van der Waals surface area contributed by atoms with E-state index >= 15 is 0 Å². The van der Waals surface area contributed by atoms with Crippen LogP contribution in [0.1, 0.15) is 30.3 Å². The minimum Gasteiger partial charge on any atom is -0.385 e. The Hall–Kier alpha value is -2.29. The summed E-state index contributed by atoms with van der Waals surface area (Å²) in [4.78, 5) is 9.20. The molecule has 1 aliphatic heterocycles. The average Bonchev–Trinajstić information content (AvgIpc) is 3.35. The van der Waals surface area contributed by atoms with Crippen molar-refractivity contribution in [2.75, 3.05) is 26.8 Å². The lowest BCUT2D eigenvalue weighted by molar-refractivity contribution is 0.189. The molecule has 29 heavy (non-hydrogen) atoms. The second kappa shape index (κ2) is 8.22. The van der Waals surface area contributed by atoms with Gasteiger partial charge in [0.1, 0.15) is 10.7 Å². The number of sulfonamides is 1. The summed E-state index contributed by atoms with van der Waals surface area (Å²) in [5.41, 5.74) is 1.62. The van der Waals surface area contributed by atoms with Gasteiger partial charge in [-0.15, -0.1) is 0 Å². The van der Waals surface area contributed by atoms with E-state index < -0.39 is 10.0 Å². The molecule has 4 rings (SSSR count). The zero-order valence-electron chi connectivity index (χ0n) is 16.8. The fourth-order valence-corrected chi connectivity index (χ4v) is 5.71. The second-order valence-electron chi connectivity index (χ2n) is 7.44. The van der Waals surface area contributed by atoms with Crippen LogP contribution in [0.25, 0.3) is 10.9 Å². The van der Waals surface area contributed by atoms with Crippen LogP contribution in [0.5, 0.6) is 0 Å². The smallest absolute Gasteiger partial charge is 0.245 e. The number of hydrogen-bond acceptors (Lipinski definition) is 5. The fourth-order valence-electron chi connectivity index (χ4n) is 4.04. The van der Waals surface area contributed by atoms with E-state index in [1.807, 2.05) is 31.3 Å². The first-order chi connectivity index (χ1) is 14.0. The van der Waals surface area contributed by atoms with E-state index in [1.165, 1.54) is 0 Å². The van der Waals surface area contributed by atoms with E-state index in [2.05, 4.69) is 14.5 Å². The molecular weight excluding hydrogens is 388 g/mol. The number of imidazole rings is 1. The number of benzene rings is 1. The van der Waals surface area contributed by atoms with E-state index in [1.54, 1.807) is 29.7 Å². The van der Waals surface area contributed by atoms with Gasteiger partial charge in [0, 0.05) is 62.7 Å². The minimum absolute atomic E-state index is 0.0870. The molecule has 1 atom stereocenters. The molecule has 0 radical (unpaired) electrons. The highest BCUT2D eigenvalue weighted by molar-refractivity contribution is 7.89. The number of pyridine rings is 1. The number of hydrogen-bond donors (Lipinski definition) is 0. The van der Waals surface area contributed by atoms with Gasteiger partial charge in [-0.3, -0.25) is 4.98 Å². The molecule has 0 amide bonds. The maximum absolute atomic E-state index is 13.4. The lowest BCUT2D eigenvalue weighted by Gasteiger charge is -2.18. The average molecular weight is 415 g/mol. The Kier molecular flexibility index (Phi) is 5.67. The first-order valence-electron chi connectivity index (χ1n) is 9.87. The lowest BCUT2D eigenvalue weighted by atomic mass is 10.1. The molecule has 0 spiro atoms. The van der Waals surface area contributed by atoms with E-state index in [9.17, 15) is 8.42 Å². The van der Waals surface area contributed by atoms with Crippen LogP contribution < -0.4 is 0 Å². The van der Waals surface area contributed by atoms with Crippen LogP contribution >= 0.6 is 0 Å². The summed E-state index contributed by atoms with van der Waals surface area (Å²) in [6.07, 6.45) is 5.16. The number of ether oxygens (including phenoxy) is 1. The standard InChI is InChI=1S/C21H26N4O3S/c1-16-14-23-21(25(16)11-5-13-28-2)18-9-12-24(15-18)29(26,27)19-8-3-6-17-7-4-10-22-20(17)19/h3-4,6-8,10,14,18H,5,9,11-13,15H2,1-2H3. The molecule has 3 aromatic rings. The van der Waals surface area contributed by atoms with Gasteiger partial charge in [-0.05, 0) is 31.9 Å². The molecule has 1 saturated heterocycles. The molecule has 154 valence electrons. The van der Waals surface area contributed by atoms with Crippen molar-refractivity contribution in [3.63, 3.8) is 0 Å². The predicted molar refractivity (Wildman–Crippen MR) is 111 cm³/mol. The summed E-state index contributed by atoms with van der Waals surface area (Å²) in [6.45, 7) is 4.48. The van der Waals surface area contributed by atoms with Crippen LogP contribution in [0.3, 0.4) is 0 Å². The molecule has 0 aliphatic carbocycles. The molecule has 0 bridgehead atoms. The van der Waals surface area contributed by atoms with Gasteiger partial charge in [-0.1, -0.05) is 18.2 Å². The summed E-state index contributed by atoms with van der Waals surface area (Å²) >= 11 is 0. The molecule has 3 heterocycles. The number of fused-ring (bicyclic) bond motifs is 1. The van der Waals surface area contributed by atoms with E-state index in [4.69, 9.17) is 4.74 Å². The molecule has 0 N–H and O–H groups in total. The Balaban J connectivity index is 1.59. The van der Waals surface area contributed by atoms with Gasteiger partial charge in [-0.2, -0.15) is 4.31 Å². The Morgan fingerprint density at radius 1 is 1.21 bits per heavy atom. The van der Waals surface area contributed by atoms with E-state index in [0.717, 1.165) is 36.3 Å². The van der Waals surface area contributed by atoms with Crippen LogP contribution in [-0.4, -0.2) is 54.1 Å². The van der Waals surface area contributed by atoms with Crippen LogP contribution in [0.15, 0.2) is 47.6 Å². The number of nitrogens with zero attached hydrogens (tertiary/aromatic N) is 4. The van der Waals surface area contributed by atoms with Crippen molar-refractivity contribution < 1.29 is 13.2 Å². The van der Waals surface area contributed by atoms with Crippen LogP contribution in [-0.2, 0) is 21.3 Å². The third kappa shape index (κ3) is 3.80. The first-order valence-corrected chi connectivity index (χ1v) is 11.3. The summed E-state index contributed by atoms with van der Waals surface area (Å²) < 4.78 is 35.7. The highest BCUT2D eigenvalue weighted by Crippen LogP contribution is 2.32. The van der Waals surface area contributed by atoms with Gasteiger partial charge in [0.05, 0.1) is 5.52 Å². The number of rotatable bonds is 7. The maximum Gasteiger partial charge on any atom is 0.245 e. The SMILES string of the molecule is COCCCn1c(C)cnc1C1CCN(S(=O)(=O)c2cccc3cccnc23)C1. The zero-order valence-corrected chi connectivity index (χ0v) is 17.6. The van der Waals surface area contributed by atoms with Crippen LogP contribution in [0, 0.1) is 6.92 Å². The highest BCUT2D eigenvalue weighted by atomic mass is 32.2. The monoisotopic (exact) mass is 414 g/mol. The quantitative estimate of drug-likeness (QED) is 0.556. The molecular formula is C21H26N4O3S. The lowest BCUT2D eigenvalue weighted by Crippen LogP contribution is -2.29. The van der Waals surface area contributed by atoms with Gasteiger partial charge in [0.25, 0.3) is 0 Å². The van der Waals surface area contributed by atoms with Crippen molar-refractivity contribution >= 4 is 20.9 Å². The van der Waals surface area contributed by atoms with Crippen molar-refractivity contribution in [1.29, 1.82) is 0 Å². The molecule has 2 aromatic heterocycles. The Morgan fingerprint density at radius 3 is 2.86 bits per heavy atom. The zero-order chi connectivity index (χ0) is 20.4. The summed E-state index contributed by atoms with van der Waals surface area (Å²) in [5, 5.41) is 0.827. The largest absolute Gasteiger partial charge is 0.385 e. The van der Waals surface area contributed by atoms with Crippen molar-refractivity contribution in [1.82, 2.24) is 18.8 Å². The molecule has 1 fully saturated rings. The molecule has 1 aliphatic rings.